The molecule has 0 spiro atoms. The lowest BCUT2D eigenvalue weighted by molar-refractivity contribution is -0.924. The summed E-state index contributed by atoms with van der Waals surface area (Å²) in [7, 11) is 0. The predicted octanol–water partition coefficient (Wildman–Crippen LogP) is 1.17. The molecular weight excluding hydrogens is 358 g/mol. The van der Waals surface area contributed by atoms with Crippen molar-refractivity contribution in [2.75, 3.05) is 31.1 Å². The number of nitrogens with one attached hydrogen (secondary N) is 1. The monoisotopic (exact) mass is 382 g/mol. The minimum atomic E-state index is 0.739. The third-order valence-electron chi connectivity index (χ3n) is 5.02. The van der Waals surface area contributed by atoms with E-state index in [4.69, 9.17) is 12.2 Å². The molecule has 1 aliphatic rings. The topological polar surface area (TPSA) is 56.2 Å². The zero-order chi connectivity index (χ0) is 18.8. The smallest absolute Gasteiger partial charge is 0.225 e. The Kier molecular flexibility index (Phi) is 5.00. The van der Waals surface area contributed by atoms with Gasteiger partial charge in [0.2, 0.25) is 10.7 Å². The maximum atomic E-state index is 5.69. The minimum Gasteiger partial charge on any atom is -0.330 e. The van der Waals surface area contributed by atoms with Gasteiger partial charge in [-0.1, -0.05) is 17.7 Å². The van der Waals surface area contributed by atoms with Gasteiger partial charge in [-0.3, -0.25) is 4.57 Å². The highest BCUT2D eigenvalue weighted by Crippen LogP contribution is 2.15. The van der Waals surface area contributed by atoms with Crippen LogP contribution in [0.15, 0.2) is 43.0 Å². The van der Waals surface area contributed by atoms with Crippen LogP contribution in [0.1, 0.15) is 11.1 Å². The Balaban J connectivity index is 1.44. The fourth-order valence-corrected chi connectivity index (χ4v) is 3.79. The molecule has 4 rings (SSSR count). The zero-order valence-corrected chi connectivity index (χ0v) is 16.5. The quantitative estimate of drug-likeness (QED) is 0.687. The molecule has 27 heavy (non-hydrogen) atoms. The highest BCUT2D eigenvalue weighted by Gasteiger charge is 2.22. The normalized spacial score (nSPS) is 15.3. The molecule has 1 aromatic carbocycles. The van der Waals surface area contributed by atoms with Crippen LogP contribution in [0.2, 0.25) is 0 Å². The molecule has 1 N–H and O–H groups in total. The SMILES string of the molecule is Cc1ccc(-n2cnn(C[NH+]3CCN(c4ncccn4)CC3)c2=S)c(C)c1. The van der Waals surface area contributed by atoms with E-state index >= 15 is 0 Å². The predicted molar refractivity (Wildman–Crippen MR) is 107 cm³/mol. The molecule has 0 atom stereocenters. The fraction of sp³-hybridized carbons (Fsp3) is 0.368. The first-order valence-corrected chi connectivity index (χ1v) is 9.60. The summed E-state index contributed by atoms with van der Waals surface area (Å²) in [5.74, 6) is 0.812. The number of hydrogen-bond acceptors (Lipinski definition) is 5. The second-order valence-electron chi connectivity index (χ2n) is 7.02. The molecule has 1 aliphatic heterocycles. The van der Waals surface area contributed by atoms with Crippen molar-refractivity contribution in [3.8, 4) is 5.69 Å². The molecule has 140 valence electrons. The summed E-state index contributed by atoms with van der Waals surface area (Å²) < 4.78 is 4.67. The first kappa shape index (κ1) is 17.8. The van der Waals surface area contributed by atoms with Gasteiger partial charge in [0.1, 0.15) is 6.33 Å². The third kappa shape index (κ3) is 3.77. The summed E-state index contributed by atoms with van der Waals surface area (Å²) in [6.07, 6.45) is 5.41. The first-order valence-electron chi connectivity index (χ1n) is 9.19. The van der Waals surface area contributed by atoms with Gasteiger partial charge in [0.05, 0.1) is 31.9 Å². The summed E-state index contributed by atoms with van der Waals surface area (Å²) in [6, 6.07) is 8.24. The third-order valence-corrected chi connectivity index (χ3v) is 5.43. The number of hydrogen-bond donors (Lipinski definition) is 1. The van der Waals surface area contributed by atoms with Gasteiger partial charge in [-0.2, -0.15) is 9.78 Å². The summed E-state index contributed by atoms with van der Waals surface area (Å²) in [4.78, 5) is 12.4. The van der Waals surface area contributed by atoms with Gasteiger partial charge in [-0.05, 0) is 43.8 Å². The maximum Gasteiger partial charge on any atom is 0.225 e. The molecule has 0 bridgehead atoms. The molecule has 0 saturated carbocycles. The van der Waals surface area contributed by atoms with Crippen molar-refractivity contribution in [1.29, 1.82) is 0 Å². The van der Waals surface area contributed by atoms with Crippen molar-refractivity contribution in [3.63, 3.8) is 0 Å². The lowest BCUT2D eigenvalue weighted by Gasteiger charge is -2.31. The molecule has 3 aromatic rings. The number of aromatic nitrogens is 5. The molecule has 0 aliphatic carbocycles. The fourth-order valence-electron chi connectivity index (χ4n) is 3.53. The number of nitrogens with zero attached hydrogens (tertiary/aromatic N) is 6. The van der Waals surface area contributed by atoms with Crippen molar-refractivity contribution in [2.45, 2.75) is 20.5 Å². The lowest BCUT2D eigenvalue weighted by Crippen LogP contribution is -3.14. The Morgan fingerprint density at radius 1 is 1.11 bits per heavy atom. The molecule has 1 saturated heterocycles. The second kappa shape index (κ2) is 7.58. The van der Waals surface area contributed by atoms with Crippen LogP contribution in [-0.4, -0.2) is 50.5 Å². The van der Waals surface area contributed by atoms with Gasteiger partial charge in [-0.25, -0.2) is 9.97 Å². The number of aryl methyl sites for hydroxylation is 2. The average Bonchev–Trinajstić information content (AvgIpc) is 3.03. The van der Waals surface area contributed by atoms with E-state index in [2.05, 4.69) is 52.0 Å². The van der Waals surface area contributed by atoms with E-state index < -0.39 is 0 Å². The molecule has 0 radical (unpaired) electrons. The van der Waals surface area contributed by atoms with Gasteiger partial charge in [0.25, 0.3) is 0 Å². The van der Waals surface area contributed by atoms with Crippen LogP contribution < -0.4 is 9.80 Å². The summed E-state index contributed by atoms with van der Waals surface area (Å²) in [5.41, 5.74) is 3.55. The van der Waals surface area contributed by atoms with Crippen LogP contribution in [0.4, 0.5) is 5.95 Å². The van der Waals surface area contributed by atoms with E-state index in [1.54, 1.807) is 12.4 Å². The summed E-state index contributed by atoms with van der Waals surface area (Å²) in [5, 5.41) is 4.54. The highest BCUT2D eigenvalue weighted by atomic mass is 32.1. The molecule has 0 amide bonds. The van der Waals surface area contributed by atoms with Crippen LogP contribution in [0.5, 0.6) is 0 Å². The van der Waals surface area contributed by atoms with Crippen LogP contribution in [0.25, 0.3) is 5.69 Å². The number of rotatable bonds is 4. The van der Waals surface area contributed by atoms with E-state index in [0.29, 0.717) is 0 Å². The van der Waals surface area contributed by atoms with Crippen LogP contribution in [0.3, 0.4) is 0 Å². The highest BCUT2D eigenvalue weighted by molar-refractivity contribution is 7.71. The van der Waals surface area contributed by atoms with Gasteiger partial charge in [-0.15, -0.1) is 0 Å². The number of benzene rings is 1. The Morgan fingerprint density at radius 3 is 2.56 bits per heavy atom. The van der Waals surface area contributed by atoms with Gasteiger partial charge in [0.15, 0.2) is 6.67 Å². The molecule has 2 aromatic heterocycles. The van der Waals surface area contributed by atoms with E-state index in [0.717, 1.165) is 49.3 Å². The molecule has 1 fully saturated rings. The number of quaternary nitrogens is 1. The Bertz CT molecular complexity index is 971. The summed E-state index contributed by atoms with van der Waals surface area (Å²) >= 11 is 5.69. The van der Waals surface area contributed by atoms with Crippen molar-refractivity contribution in [1.82, 2.24) is 24.3 Å². The van der Waals surface area contributed by atoms with Crippen molar-refractivity contribution in [3.05, 3.63) is 58.9 Å². The minimum absolute atomic E-state index is 0.739. The number of anilines is 1. The lowest BCUT2D eigenvalue weighted by atomic mass is 10.1. The van der Waals surface area contributed by atoms with E-state index in [1.807, 2.05) is 21.6 Å². The van der Waals surface area contributed by atoms with E-state index in [9.17, 15) is 0 Å². The van der Waals surface area contributed by atoms with Crippen LogP contribution in [-0.2, 0) is 6.67 Å². The zero-order valence-electron chi connectivity index (χ0n) is 15.7. The van der Waals surface area contributed by atoms with Crippen molar-refractivity contribution in [2.24, 2.45) is 0 Å². The summed E-state index contributed by atoms with van der Waals surface area (Å²) in [6.45, 7) is 8.88. The standard InChI is InChI=1S/C19H23N7S/c1-15-4-5-17(16(2)12-15)25-13-22-26(19(25)27)14-23-8-10-24(11-9-23)18-20-6-3-7-21-18/h3-7,12-13H,8-11,14H2,1-2H3/p+1. The van der Waals surface area contributed by atoms with E-state index in [-0.39, 0.29) is 0 Å². The van der Waals surface area contributed by atoms with Crippen LogP contribution in [0, 0.1) is 18.6 Å². The maximum absolute atomic E-state index is 5.69. The van der Waals surface area contributed by atoms with E-state index in [1.165, 1.54) is 16.0 Å². The molecule has 7 nitrogen and oxygen atoms in total. The molecule has 3 heterocycles. The first-order chi connectivity index (χ1) is 13.1. The molecule has 0 unspecified atom stereocenters. The van der Waals surface area contributed by atoms with Gasteiger partial charge >= 0.3 is 0 Å². The van der Waals surface area contributed by atoms with Gasteiger partial charge < -0.3 is 9.80 Å². The second-order valence-corrected chi connectivity index (χ2v) is 7.38. The number of piperazine rings is 1. The Labute approximate surface area is 163 Å². The van der Waals surface area contributed by atoms with Crippen molar-refractivity contribution >= 4 is 18.2 Å². The molecular formula is C19H24N7S+. The Hall–Kier alpha value is -2.58. The Morgan fingerprint density at radius 2 is 1.85 bits per heavy atom. The van der Waals surface area contributed by atoms with Crippen molar-refractivity contribution < 1.29 is 4.90 Å². The van der Waals surface area contributed by atoms with Crippen LogP contribution >= 0.6 is 12.2 Å². The van der Waals surface area contributed by atoms with Gasteiger partial charge in [0, 0.05) is 12.4 Å². The largest absolute Gasteiger partial charge is 0.330 e. The molecule has 8 heteroatoms. The average molecular weight is 383 g/mol.